The van der Waals surface area contributed by atoms with Crippen molar-refractivity contribution in [1.82, 2.24) is 19.1 Å². The zero-order chi connectivity index (χ0) is 16.2. The molecule has 1 fully saturated rings. The molecule has 1 saturated heterocycles. The number of hydrogen-bond acceptors (Lipinski definition) is 4. The molecule has 0 radical (unpaired) electrons. The van der Waals surface area contributed by atoms with Crippen molar-refractivity contribution >= 4 is 20.9 Å². The van der Waals surface area contributed by atoms with Gasteiger partial charge in [0, 0.05) is 18.0 Å². The average Bonchev–Trinajstić information content (AvgIpc) is 2.50. The minimum atomic E-state index is -2.38. The smallest absolute Gasteiger partial charge is 0.286 e. The van der Waals surface area contributed by atoms with Gasteiger partial charge in [0.15, 0.2) is 0 Å². The van der Waals surface area contributed by atoms with Crippen molar-refractivity contribution in [3.63, 3.8) is 0 Å². The lowest BCUT2D eigenvalue weighted by Crippen LogP contribution is -2.72. The van der Waals surface area contributed by atoms with Gasteiger partial charge in [0.25, 0.3) is 27.4 Å². The van der Waals surface area contributed by atoms with Crippen LogP contribution in [0.5, 0.6) is 0 Å². The Morgan fingerprint density at radius 3 is 1.43 bits per heavy atom. The molecule has 0 atom stereocenters. The second-order valence-electron chi connectivity index (χ2n) is 5.47. The van der Waals surface area contributed by atoms with Crippen molar-refractivity contribution in [2.75, 3.05) is 21.1 Å². The van der Waals surface area contributed by atoms with Crippen LogP contribution in [0.15, 0.2) is 24.5 Å². The summed E-state index contributed by atoms with van der Waals surface area (Å²) in [5.41, 5.74) is 0.0185. The topological polar surface area (TPSA) is 22.6 Å². The van der Waals surface area contributed by atoms with Crippen molar-refractivity contribution in [2.45, 2.75) is 26.9 Å². The Bertz CT molecular complexity index is 368. The van der Waals surface area contributed by atoms with E-state index in [1.807, 2.05) is 0 Å². The van der Waals surface area contributed by atoms with Gasteiger partial charge in [-0.1, -0.05) is 20.5 Å². The maximum Gasteiger partial charge on any atom is 0.286 e. The predicted molar refractivity (Wildman–Crippen MR) is 87.3 cm³/mol. The summed E-state index contributed by atoms with van der Waals surface area (Å²) in [6, 6.07) is 2.59. The third-order valence-electron chi connectivity index (χ3n) is 4.49. The van der Waals surface area contributed by atoms with Gasteiger partial charge < -0.3 is 14.2 Å². The molecule has 0 saturated carbocycles. The average molecular weight is 294 g/mol. The first-order valence-corrected chi connectivity index (χ1v) is 7.11. The molecule has 0 N–H and O–H groups in total. The number of hydrogen-bond donors (Lipinski definition) is 0. The van der Waals surface area contributed by atoms with E-state index >= 15 is 0 Å². The van der Waals surface area contributed by atoms with E-state index in [1.165, 1.54) is 24.5 Å². The largest absolute Gasteiger partial charge is 0.360 e. The summed E-state index contributed by atoms with van der Waals surface area (Å²) in [6.45, 7) is 8.35. The Kier molecular flexibility index (Phi) is 6.83. The monoisotopic (exact) mass is 294 g/mol. The van der Waals surface area contributed by atoms with Crippen LogP contribution in [-0.2, 0) is 0 Å². The molecule has 0 spiro atoms. The Morgan fingerprint density at radius 1 is 0.857 bits per heavy atom. The summed E-state index contributed by atoms with van der Waals surface area (Å²) in [5, 5.41) is 0. The van der Waals surface area contributed by atoms with E-state index in [1.54, 1.807) is 0 Å². The van der Waals surface area contributed by atoms with Crippen LogP contribution >= 0.6 is 0 Å². The summed E-state index contributed by atoms with van der Waals surface area (Å²) in [4.78, 5) is 3.59. The maximum absolute atomic E-state index is 11.7. The SMILES string of the molecule is CB1N(C)B(C)N(C)B(C)N1C.FC(F)c1ccncc1. The van der Waals surface area contributed by atoms with Crippen LogP contribution in [0.1, 0.15) is 12.0 Å². The Labute approximate surface area is 127 Å². The number of halogens is 2. The van der Waals surface area contributed by atoms with Crippen molar-refractivity contribution in [1.29, 1.82) is 0 Å². The van der Waals surface area contributed by atoms with Crippen LogP contribution in [0, 0.1) is 0 Å². The highest BCUT2D eigenvalue weighted by atomic mass is 19.3. The van der Waals surface area contributed by atoms with Gasteiger partial charge in [-0.15, -0.1) is 0 Å². The standard InChI is InChI=1S/C6H18B3N3.C6H5F2N/c1-7-10(4)8(2)12(6)9(3)11(7)5;7-6(8)5-1-3-9-4-2-5/h1-6H3;1-4,6H. The fraction of sp³-hybridized carbons (Fsp3) is 0.583. The zero-order valence-electron chi connectivity index (χ0n) is 13.7. The molecule has 1 aliphatic heterocycles. The zero-order valence-corrected chi connectivity index (χ0v) is 13.7. The third kappa shape index (κ3) is 4.53. The van der Waals surface area contributed by atoms with Gasteiger partial charge in [0.1, 0.15) is 0 Å². The Balaban J connectivity index is 0.000000219. The number of rotatable bonds is 1. The molecule has 0 aromatic carbocycles. The van der Waals surface area contributed by atoms with E-state index in [0.29, 0.717) is 20.9 Å². The summed E-state index contributed by atoms with van der Waals surface area (Å²) in [7, 11) is 6.52. The van der Waals surface area contributed by atoms with E-state index in [9.17, 15) is 8.78 Å². The lowest BCUT2D eigenvalue weighted by atomic mass is 9.46. The number of pyridine rings is 1. The van der Waals surface area contributed by atoms with Crippen LogP contribution in [0.4, 0.5) is 8.78 Å². The summed E-state index contributed by atoms with van der Waals surface area (Å²) >= 11 is 0. The number of alkyl halides is 2. The fourth-order valence-electron chi connectivity index (χ4n) is 2.31. The molecule has 1 aromatic rings. The molecule has 9 heteroatoms. The first kappa shape index (κ1) is 18.1. The van der Waals surface area contributed by atoms with Gasteiger partial charge >= 0.3 is 0 Å². The molecule has 0 amide bonds. The molecule has 0 bridgehead atoms. The van der Waals surface area contributed by atoms with Gasteiger partial charge in [-0.3, -0.25) is 4.98 Å². The number of aromatic nitrogens is 1. The van der Waals surface area contributed by atoms with E-state index in [-0.39, 0.29) is 5.56 Å². The predicted octanol–water partition coefficient (Wildman–Crippen LogP) is 2.17. The lowest BCUT2D eigenvalue weighted by Gasteiger charge is -2.47. The van der Waals surface area contributed by atoms with Crippen molar-refractivity contribution in [2.24, 2.45) is 0 Å². The number of nitrogens with zero attached hydrogens (tertiary/aromatic N) is 4. The Hall–Kier alpha value is -0.915. The van der Waals surface area contributed by atoms with Crippen LogP contribution in [0.3, 0.4) is 0 Å². The van der Waals surface area contributed by atoms with Gasteiger partial charge in [-0.05, 0) is 33.3 Å². The second kappa shape index (κ2) is 7.91. The summed E-state index contributed by atoms with van der Waals surface area (Å²) < 4.78 is 30.6. The van der Waals surface area contributed by atoms with Gasteiger partial charge in [-0.2, -0.15) is 0 Å². The fourth-order valence-corrected chi connectivity index (χ4v) is 2.31. The quantitative estimate of drug-likeness (QED) is 0.740. The summed E-state index contributed by atoms with van der Waals surface area (Å²) in [6.07, 6.45) is 0.316. The maximum atomic E-state index is 11.7. The molecule has 1 aromatic heterocycles. The van der Waals surface area contributed by atoms with Gasteiger partial charge in [0.2, 0.25) is 0 Å². The summed E-state index contributed by atoms with van der Waals surface area (Å²) in [5.74, 6) is 0. The molecule has 2 heterocycles. The van der Waals surface area contributed by atoms with Crippen molar-refractivity contribution < 1.29 is 8.78 Å². The molecule has 1 aliphatic rings. The molecule has 0 aliphatic carbocycles. The second-order valence-corrected chi connectivity index (χ2v) is 5.47. The molecular weight excluding hydrogens is 271 g/mol. The van der Waals surface area contributed by atoms with Gasteiger partial charge in [0.05, 0.1) is 0 Å². The van der Waals surface area contributed by atoms with Crippen LogP contribution < -0.4 is 0 Å². The third-order valence-corrected chi connectivity index (χ3v) is 4.49. The normalized spacial score (nSPS) is 18.0. The molecule has 2 rings (SSSR count). The van der Waals surface area contributed by atoms with Crippen molar-refractivity contribution in [3.05, 3.63) is 30.1 Å². The van der Waals surface area contributed by atoms with E-state index in [2.05, 4.69) is 60.8 Å². The minimum Gasteiger partial charge on any atom is -0.360 e. The van der Waals surface area contributed by atoms with E-state index < -0.39 is 6.43 Å². The lowest BCUT2D eigenvalue weighted by molar-refractivity contribution is 0.151. The highest BCUT2D eigenvalue weighted by molar-refractivity contribution is 6.84. The molecule has 21 heavy (non-hydrogen) atoms. The van der Waals surface area contributed by atoms with Crippen LogP contribution in [-0.4, -0.2) is 61.2 Å². The first-order valence-electron chi connectivity index (χ1n) is 7.11. The molecular formula is C12H23B3F2N4. The molecule has 4 nitrogen and oxygen atoms in total. The van der Waals surface area contributed by atoms with Crippen molar-refractivity contribution in [3.8, 4) is 0 Å². The first-order chi connectivity index (χ1) is 9.77. The van der Waals surface area contributed by atoms with Crippen LogP contribution in [0.2, 0.25) is 20.5 Å². The molecule has 0 unspecified atom stereocenters. The van der Waals surface area contributed by atoms with Crippen LogP contribution in [0.25, 0.3) is 0 Å². The highest BCUT2D eigenvalue weighted by Crippen LogP contribution is 2.16. The van der Waals surface area contributed by atoms with E-state index in [4.69, 9.17) is 0 Å². The van der Waals surface area contributed by atoms with E-state index in [0.717, 1.165) is 0 Å². The molecule has 114 valence electrons. The highest BCUT2D eigenvalue weighted by Gasteiger charge is 2.40. The van der Waals surface area contributed by atoms with Gasteiger partial charge in [-0.25, -0.2) is 8.78 Å². The Morgan fingerprint density at radius 2 is 1.19 bits per heavy atom. The minimum absolute atomic E-state index is 0.0185.